The Kier molecular flexibility index (Phi) is 3.45. The van der Waals surface area contributed by atoms with Crippen LogP contribution in [-0.4, -0.2) is 5.75 Å². The molecule has 1 fully saturated rings. The van der Waals surface area contributed by atoms with Crippen molar-refractivity contribution < 1.29 is 4.84 Å². The Morgan fingerprint density at radius 1 is 1.29 bits per heavy atom. The Morgan fingerprint density at radius 2 is 2.00 bits per heavy atom. The van der Waals surface area contributed by atoms with E-state index in [4.69, 9.17) is 5.90 Å². The molecule has 2 N–H and O–H groups in total. The summed E-state index contributed by atoms with van der Waals surface area (Å²) in [5.41, 5.74) is 1.13. The van der Waals surface area contributed by atoms with E-state index in [1.807, 2.05) is 11.8 Å². The molecule has 0 aliphatic heterocycles. The first-order chi connectivity index (χ1) is 6.88. The molecule has 1 aromatic carbocycles. The number of rotatable bonds is 5. The van der Waals surface area contributed by atoms with Crippen LogP contribution in [0.5, 0.6) is 0 Å². The molecule has 14 heavy (non-hydrogen) atoms. The highest BCUT2D eigenvalue weighted by Gasteiger charge is 2.20. The molecule has 1 aliphatic rings. The number of benzene rings is 1. The van der Waals surface area contributed by atoms with Crippen LogP contribution < -0.4 is 5.90 Å². The second kappa shape index (κ2) is 4.82. The first-order valence-corrected chi connectivity index (χ1v) is 5.90. The molecule has 0 aromatic heterocycles. The minimum absolute atomic E-state index is 0.494. The second-order valence-electron chi connectivity index (χ2n) is 3.71. The lowest BCUT2D eigenvalue weighted by molar-refractivity contribution is 0.124. The van der Waals surface area contributed by atoms with Gasteiger partial charge in [0.1, 0.15) is 0 Å². The van der Waals surface area contributed by atoms with Crippen molar-refractivity contribution in [2.24, 2.45) is 11.8 Å². The SMILES string of the molecule is NOCc1ccc(SCC2CC2)cc1. The molecule has 1 saturated carbocycles. The van der Waals surface area contributed by atoms with Crippen molar-refractivity contribution >= 4 is 11.8 Å². The van der Waals surface area contributed by atoms with Crippen molar-refractivity contribution in [3.8, 4) is 0 Å². The van der Waals surface area contributed by atoms with Crippen LogP contribution in [0.4, 0.5) is 0 Å². The summed E-state index contributed by atoms with van der Waals surface area (Å²) in [6, 6.07) is 8.42. The highest BCUT2D eigenvalue weighted by Crippen LogP contribution is 2.34. The topological polar surface area (TPSA) is 35.2 Å². The van der Waals surface area contributed by atoms with Gasteiger partial charge in [-0.1, -0.05) is 12.1 Å². The predicted molar refractivity (Wildman–Crippen MR) is 58.9 cm³/mol. The van der Waals surface area contributed by atoms with Crippen LogP contribution in [0.15, 0.2) is 29.2 Å². The van der Waals surface area contributed by atoms with Crippen molar-refractivity contribution in [1.29, 1.82) is 0 Å². The molecule has 2 rings (SSSR count). The van der Waals surface area contributed by atoms with Gasteiger partial charge in [0.05, 0.1) is 6.61 Å². The van der Waals surface area contributed by atoms with E-state index in [-0.39, 0.29) is 0 Å². The normalized spacial score (nSPS) is 15.8. The Bertz CT molecular complexity index is 282. The maximum Gasteiger partial charge on any atom is 0.0930 e. The van der Waals surface area contributed by atoms with Crippen molar-refractivity contribution in [2.75, 3.05) is 5.75 Å². The smallest absolute Gasteiger partial charge is 0.0930 e. The van der Waals surface area contributed by atoms with Gasteiger partial charge < -0.3 is 0 Å². The lowest BCUT2D eigenvalue weighted by Crippen LogP contribution is -1.98. The first kappa shape index (κ1) is 10.0. The van der Waals surface area contributed by atoms with Crippen LogP contribution in [0.25, 0.3) is 0 Å². The highest BCUT2D eigenvalue weighted by atomic mass is 32.2. The van der Waals surface area contributed by atoms with Gasteiger partial charge in [-0.05, 0) is 36.5 Å². The van der Waals surface area contributed by atoms with E-state index in [9.17, 15) is 0 Å². The molecule has 0 heterocycles. The van der Waals surface area contributed by atoms with E-state index in [1.54, 1.807) is 0 Å². The van der Waals surface area contributed by atoms with E-state index in [0.29, 0.717) is 6.61 Å². The van der Waals surface area contributed by atoms with Crippen LogP contribution in [-0.2, 0) is 11.4 Å². The average molecular weight is 209 g/mol. The summed E-state index contributed by atoms with van der Waals surface area (Å²) in [7, 11) is 0. The fourth-order valence-corrected chi connectivity index (χ4v) is 2.37. The Hall–Kier alpha value is -0.510. The maximum absolute atomic E-state index is 5.00. The van der Waals surface area contributed by atoms with Gasteiger partial charge in [0.2, 0.25) is 0 Å². The lowest BCUT2D eigenvalue weighted by Gasteiger charge is -2.02. The molecule has 0 spiro atoms. The summed E-state index contributed by atoms with van der Waals surface area (Å²) in [5.74, 6) is 7.25. The van der Waals surface area contributed by atoms with Crippen molar-refractivity contribution in [2.45, 2.75) is 24.3 Å². The fraction of sp³-hybridized carbons (Fsp3) is 0.455. The molecule has 0 unspecified atom stereocenters. The van der Waals surface area contributed by atoms with Gasteiger partial charge in [-0.25, -0.2) is 5.90 Å². The van der Waals surface area contributed by atoms with Crippen molar-refractivity contribution in [1.82, 2.24) is 0 Å². The molecule has 76 valence electrons. The summed E-state index contributed by atoms with van der Waals surface area (Å²) in [6.07, 6.45) is 2.85. The monoisotopic (exact) mass is 209 g/mol. The van der Waals surface area contributed by atoms with Crippen LogP contribution in [0.3, 0.4) is 0 Å². The Labute approximate surface area is 88.8 Å². The minimum atomic E-state index is 0.494. The third-order valence-electron chi connectivity index (χ3n) is 2.36. The average Bonchev–Trinajstić information content (AvgIpc) is 3.01. The zero-order chi connectivity index (χ0) is 9.80. The van der Waals surface area contributed by atoms with Gasteiger partial charge in [-0.3, -0.25) is 4.84 Å². The molecule has 2 nitrogen and oxygen atoms in total. The van der Waals surface area contributed by atoms with Gasteiger partial charge in [-0.2, -0.15) is 0 Å². The number of nitrogens with two attached hydrogens (primary N) is 1. The van der Waals surface area contributed by atoms with Gasteiger partial charge in [0.15, 0.2) is 0 Å². The Balaban J connectivity index is 1.84. The molecule has 0 amide bonds. The zero-order valence-electron chi connectivity index (χ0n) is 8.11. The van der Waals surface area contributed by atoms with Crippen molar-refractivity contribution in [3.63, 3.8) is 0 Å². The summed E-state index contributed by atoms with van der Waals surface area (Å²) in [4.78, 5) is 5.91. The van der Waals surface area contributed by atoms with E-state index in [1.165, 1.54) is 23.5 Å². The number of hydrogen-bond donors (Lipinski definition) is 1. The van der Waals surface area contributed by atoms with Crippen molar-refractivity contribution in [3.05, 3.63) is 29.8 Å². The molecule has 3 heteroatoms. The van der Waals surface area contributed by atoms with E-state index >= 15 is 0 Å². The van der Waals surface area contributed by atoms with Crippen LogP contribution in [0, 0.1) is 5.92 Å². The molecule has 0 bridgehead atoms. The summed E-state index contributed by atoms with van der Waals surface area (Å²) >= 11 is 1.95. The first-order valence-electron chi connectivity index (χ1n) is 4.92. The molecule has 0 saturated heterocycles. The lowest BCUT2D eigenvalue weighted by atomic mass is 10.2. The number of thioether (sulfide) groups is 1. The van der Waals surface area contributed by atoms with Gasteiger partial charge in [-0.15, -0.1) is 11.8 Å². The molecule has 1 aromatic rings. The number of hydrogen-bond acceptors (Lipinski definition) is 3. The third-order valence-corrected chi connectivity index (χ3v) is 3.60. The van der Waals surface area contributed by atoms with Gasteiger partial charge in [0.25, 0.3) is 0 Å². The molecular weight excluding hydrogens is 194 g/mol. The summed E-state index contributed by atoms with van der Waals surface area (Å²) in [6.45, 7) is 0.494. The zero-order valence-corrected chi connectivity index (χ0v) is 8.93. The molecule has 0 radical (unpaired) electrons. The second-order valence-corrected chi connectivity index (χ2v) is 4.80. The Morgan fingerprint density at radius 3 is 2.57 bits per heavy atom. The fourth-order valence-electron chi connectivity index (χ4n) is 1.28. The molecule has 1 aliphatic carbocycles. The van der Waals surface area contributed by atoms with Gasteiger partial charge in [0, 0.05) is 10.6 Å². The summed E-state index contributed by atoms with van der Waals surface area (Å²) in [5, 5.41) is 0. The predicted octanol–water partition coefficient (Wildman–Crippen LogP) is 2.58. The minimum Gasteiger partial charge on any atom is -0.300 e. The largest absolute Gasteiger partial charge is 0.300 e. The highest BCUT2D eigenvalue weighted by molar-refractivity contribution is 7.99. The van der Waals surface area contributed by atoms with Crippen LogP contribution in [0.2, 0.25) is 0 Å². The summed E-state index contributed by atoms with van der Waals surface area (Å²) < 4.78 is 0. The van der Waals surface area contributed by atoms with Gasteiger partial charge >= 0.3 is 0 Å². The molecular formula is C11H15NOS. The van der Waals surface area contributed by atoms with Crippen LogP contribution in [0.1, 0.15) is 18.4 Å². The van der Waals surface area contributed by atoms with E-state index < -0.39 is 0 Å². The quantitative estimate of drug-likeness (QED) is 0.598. The molecule has 0 atom stereocenters. The third kappa shape index (κ3) is 3.01. The standard InChI is InChI=1S/C11H15NOS/c12-13-7-9-3-5-11(6-4-9)14-8-10-1-2-10/h3-6,10H,1-2,7-8,12H2. The van der Waals surface area contributed by atoms with Crippen LogP contribution >= 0.6 is 11.8 Å². The maximum atomic E-state index is 5.00. The van der Waals surface area contributed by atoms with E-state index in [2.05, 4.69) is 29.1 Å². The van der Waals surface area contributed by atoms with E-state index in [0.717, 1.165) is 11.5 Å².